The van der Waals surface area contributed by atoms with Crippen LogP contribution in [0.25, 0.3) is 0 Å². The van der Waals surface area contributed by atoms with Crippen LogP contribution in [-0.4, -0.2) is 12.2 Å². The van der Waals surface area contributed by atoms with Crippen LogP contribution in [0.4, 0.5) is 0 Å². The molecule has 0 bridgehead atoms. The lowest BCUT2D eigenvalue weighted by Crippen LogP contribution is -1.97. The topological polar surface area (TPSA) is 29.5 Å². The minimum absolute atomic E-state index is 0.440. The summed E-state index contributed by atoms with van der Waals surface area (Å²) in [6, 6.07) is 11.6. The maximum atomic E-state index is 10.0. The van der Waals surface area contributed by atoms with Crippen molar-refractivity contribution < 1.29 is 9.84 Å². The summed E-state index contributed by atoms with van der Waals surface area (Å²) in [5.41, 5.74) is 1.19. The van der Waals surface area contributed by atoms with E-state index in [0.29, 0.717) is 10.8 Å². The zero-order valence-electron chi connectivity index (χ0n) is 10.1. The van der Waals surface area contributed by atoms with Gasteiger partial charge in [-0.2, -0.15) is 0 Å². The van der Waals surface area contributed by atoms with Crippen molar-refractivity contribution in [2.75, 3.05) is 7.11 Å². The van der Waals surface area contributed by atoms with Crippen molar-refractivity contribution in [2.24, 2.45) is 0 Å². The number of hydrogen-bond acceptors (Lipinski definition) is 3. The quantitative estimate of drug-likeness (QED) is 0.895. The highest BCUT2D eigenvalue weighted by atomic mass is 35.5. The van der Waals surface area contributed by atoms with Crippen molar-refractivity contribution in [3.05, 3.63) is 51.2 Å². The Morgan fingerprint density at radius 1 is 1.22 bits per heavy atom. The molecule has 1 aromatic carbocycles. The molecule has 0 amide bonds. The smallest absolute Gasteiger partial charge is 0.118 e. The van der Waals surface area contributed by atoms with E-state index in [1.807, 2.05) is 36.4 Å². The first-order valence-corrected chi connectivity index (χ1v) is 6.94. The Labute approximate surface area is 116 Å². The molecular weight excluding hydrogens is 268 g/mol. The Hall–Kier alpha value is -1.03. The summed E-state index contributed by atoms with van der Waals surface area (Å²) in [7, 11) is 1.65. The third kappa shape index (κ3) is 3.48. The van der Waals surface area contributed by atoms with E-state index < -0.39 is 6.10 Å². The number of aliphatic hydroxyl groups excluding tert-OH is 1. The number of hydrogen-bond donors (Lipinski definition) is 1. The van der Waals surface area contributed by atoms with Gasteiger partial charge in [0.2, 0.25) is 0 Å². The second-order valence-corrected chi connectivity index (χ2v) is 5.79. The van der Waals surface area contributed by atoms with Crippen LogP contribution in [0, 0.1) is 0 Å². The second-order valence-electron chi connectivity index (χ2n) is 4.04. The van der Waals surface area contributed by atoms with Crippen molar-refractivity contribution in [2.45, 2.75) is 18.9 Å². The average molecular weight is 283 g/mol. The number of halogens is 1. The fourth-order valence-corrected chi connectivity index (χ4v) is 2.83. The van der Waals surface area contributed by atoms with Crippen LogP contribution in [0.1, 0.15) is 23.0 Å². The van der Waals surface area contributed by atoms with Gasteiger partial charge in [-0.15, -0.1) is 11.3 Å². The molecular formula is C14H15ClO2S. The summed E-state index contributed by atoms with van der Waals surface area (Å²) in [4.78, 5) is 0.925. The van der Waals surface area contributed by atoms with Crippen LogP contribution >= 0.6 is 22.9 Å². The lowest BCUT2D eigenvalue weighted by molar-refractivity contribution is 0.171. The number of benzene rings is 1. The molecule has 2 rings (SSSR count). The van der Waals surface area contributed by atoms with Crippen LogP contribution in [0.5, 0.6) is 5.75 Å². The molecule has 18 heavy (non-hydrogen) atoms. The van der Waals surface area contributed by atoms with Gasteiger partial charge >= 0.3 is 0 Å². The normalized spacial score (nSPS) is 12.4. The number of methoxy groups -OCH3 is 1. The molecule has 1 N–H and O–H groups in total. The zero-order chi connectivity index (χ0) is 13.0. The number of thiophene rings is 1. The Morgan fingerprint density at radius 2 is 1.94 bits per heavy atom. The number of aryl methyl sites for hydroxylation is 1. The van der Waals surface area contributed by atoms with Gasteiger partial charge in [-0.3, -0.25) is 0 Å². The molecule has 1 heterocycles. The fraction of sp³-hybridized carbons (Fsp3) is 0.286. The van der Waals surface area contributed by atoms with Gasteiger partial charge in [0.05, 0.1) is 17.6 Å². The lowest BCUT2D eigenvalue weighted by Gasteiger charge is -2.08. The predicted molar refractivity (Wildman–Crippen MR) is 75.6 cm³/mol. The van der Waals surface area contributed by atoms with Crippen LogP contribution in [0.15, 0.2) is 36.4 Å². The minimum atomic E-state index is -0.440. The Balaban J connectivity index is 1.90. The van der Waals surface area contributed by atoms with Crippen LogP contribution in [0.3, 0.4) is 0 Å². The van der Waals surface area contributed by atoms with Crippen LogP contribution in [0.2, 0.25) is 4.34 Å². The average Bonchev–Trinajstić information content (AvgIpc) is 2.83. The van der Waals surface area contributed by atoms with E-state index in [1.54, 1.807) is 7.11 Å². The van der Waals surface area contributed by atoms with Crippen molar-refractivity contribution in [3.63, 3.8) is 0 Å². The molecule has 2 nitrogen and oxygen atoms in total. The van der Waals surface area contributed by atoms with Crippen molar-refractivity contribution >= 4 is 22.9 Å². The van der Waals surface area contributed by atoms with Crippen LogP contribution < -0.4 is 4.74 Å². The van der Waals surface area contributed by atoms with E-state index in [1.165, 1.54) is 16.9 Å². The first kappa shape index (κ1) is 13.4. The molecule has 0 aliphatic carbocycles. The SMILES string of the molecule is COc1ccc(CCC(O)c2ccc(Cl)s2)cc1. The largest absolute Gasteiger partial charge is 0.497 e. The second kappa shape index (κ2) is 6.23. The zero-order valence-corrected chi connectivity index (χ0v) is 11.7. The molecule has 0 aliphatic heterocycles. The van der Waals surface area contributed by atoms with Gasteiger partial charge in [0.25, 0.3) is 0 Å². The fourth-order valence-electron chi connectivity index (χ4n) is 1.75. The van der Waals surface area contributed by atoms with Gasteiger partial charge < -0.3 is 9.84 Å². The summed E-state index contributed by atoms with van der Waals surface area (Å²) in [6.45, 7) is 0. The molecule has 0 spiro atoms. The lowest BCUT2D eigenvalue weighted by atomic mass is 10.1. The maximum absolute atomic E-state index is 10.0. The highest BCUT2D eigenvalue weighted by Gasteiger charge is 2.10. The van der Waals surface area contributed by atoms with Crippen molar-refractivity contribution in [1.82, 2.24) is 0 Å². The number of ether oxygens (including phenoxy) is 1. The van der Waals surface area contributed by atoms with Gasteiger partial charge in [-0.1, -0.05) is 23.7 Å². The monoisotopic (exact) mass is 282 g/mol. The molecule has 0 saturated heterocycles. The molecule has 1 atom stereocenters. The Kier molecular flexibility index (Phi) is 4.64. The van der Waals surface area contributed by atoms with Gasteiger partial charge in [0, 0.05) is 4.88 Å². The Bertz CT molecular complexity index is 493. The third-order valence-corrected chi connectivity index (χ3v) is 4.12. The molecule has 96 valence electrons. The maximum Gasteiger partial charge on any atom is 0.118 e. The van der Waals surface area contributed by atoms with Gasteiger partial charge in [0.1, 0.15) is 5.75 Å². The predicted octanol–water partition coefficient (Wildman–Crippen LogP) is 4.08. The van der Waals surface area contributed by atoms with Crippen molar-refractivity contribution in [3.8, 4) is 5.75 Å². The van der Waals surface area contributed by atoms with Crippen molar-refractivity contribution in [1.29, 1.82) is 0 Å². The number of aliphatic hydroxyl groups is 1. The minimum Gasteiger partial charge on any atom is -0.497 e. The van der Waals surface area contributed by atoms with E-state index in [9.17, 15) is 5.11 Å². The third-order valence-electron chi connectivity index (χ3n) is 2.79. The highest BCUT2D eigenvalue weighted by Crippen LogP contribution is 2.29. The van der Waals surface area contributed by atoms with Gasteiger partial charge in [-0.25, -0.2) is 0 Å². The number of rotatable bonds is 5. The first-order chi connectivity index (χ1) is 8.69. The van der Waals surface area contributed by atoms with Gasteiger partial charge in [0.15, 0.2) is 0 Å². The molecule has 0 fully saturated rings. The van der Waals surface area contributed by atoms with E-state index >= 15 is 0 Å². The molecule has 0 saturated carbocycles. The Morgan fingerprint density at radius 3 is 2.50 bits per heavy atom. The van der Waals surface area contributed by atoms with Crippen LogP contribution in [-0.2, 0) is 6.42 Å². The van der Waals surface area contributed by atoms with E-state index in [-0.39, 0.29) is 0 Å². The molecule has 2 aromatic rings. The van der Waals surface area contributed by atoms with E-state index in [2.05, 4.69) is 0 Å². The summed E-state index contributed by atoms with van der Waals surface area (Å²) >= 11 is 7.28. The molecule has 1 aromatic heterocycles. The highest BCUT2D eigenvalue weighted by molar-refractivity contribution is 7.16. The summed E-state index contributed by atoms with van der Waals surface area (Å²) in [5.74, 6) is 0.851. The molecule has 4 heteroatoms. The molecule has 1 unspecified atom stereocenters. The summed E-state index contributed by atoms with van der Waals surface area (Å²) in [6.07, 6.45) is 1.09. The van der Waals surface area contributed by atoms with Gasteiger partial charge in [-0.05, 0) is 42.7 Å². The molecule has 0 aliphatic rings. The molecule has 0 radical (unpaired) electrons. The first-order valence-electron chi connectivity index (χ1n) is 5.75. The summed E-state index contributed by atoms with van der Waals surface area (Å²) < 4.78 is 5.82. The van der Waals surface area contributed by atoms with E-state index in [4.69, 9.17) is 16.3 Å². The van der Waals surface area contributed by atoms with E-state index in [0.717, 1.165) is 17.0 Å². The summed E-state index contributed by atoms with van der Waals surface area (Å²) in [5, 5.41) is 10.0. The standard InChI is InChI=1S/C14H15ClO2S/c1-17-11-5-2-10(3-6-11)4-7-12(16)13-8-9-14(15)18-13/h2-3,5-6,8-9,12,16H,4,7H2,1H3.